The van der Waals surface area contributed by atoms with Crippen molar-refractivity contribution in [2.24, 2.45) is 0 Å². The monoisotopic (exact) mass is 334 g/mol. The van der Waals surface area contributed by atoms with Gasteiger partial charge in [0.15, 0.2) is 0 Å². The molecular weight excluding hydrogens is 316 g/mol. The Balaban J connectivity index is 1.73. The van der Waals surface area contributed by atoms with Gasteiger partial charge in [-0.3, -0.25) is 0 Å². The van der Waals surface area contributed by atoms with Crippen LogP contribution in [0, 0.1) is 6.92 Å². The van der Waals surface area contributed by atoms with Crippen molar-refractivity contribution in [1.82, 2.24) is 9.97 Å². The lowest BCUT2D eigenvalue weighted by atomic mass is 10.2. The number of aromatic nitrogens is 2. The molecule has 25 heavy (non-hydrogen) atoms. The molecule has 2 N–H and O–H groups in total. The highest BCUT2D eigenvalue weighted by Crippen LogP contribution is 2.20. The van der Waals surface area contributed by atoms with Crippen LogP contribution in [0.4, 0.5) is 23.1 Å². The Morgan fingerprint density at radius 3 is 2.48 bits per heavy atom. The second-order valence-electron chi connectivity index (χ2n) is 5.40. The lowest BCUT2D eigenvalue weighted by Gasteiger charge is -2.10. The maximum absolute atomic E-state index is 11.5. The van der Waals surface area contributed by atoms with Gasteiger partial charge in [0.2, 0.25) is 5.95 Å². The van der Waals surface area contributed by atoms with Gasteiger partial charge in [-0.05, 0) is 48.9 Å². The number of benzene rings is 2. The van der Waals surface area contributed by atoms with Crippen molar-refractivity contribution in [3.63, 3.8) is 0 Å². The fourth-order valence-corrected chi connectivity index (χ4v) is 2.28. The van der Waals surface area contributed by atoms with Gasteiger partial charge in [-0.1, -0.05) is 18.2 Å². The minimum Gasteiger partial charge on any atom is -0.465 e. The highest BCUT2D eigenvalue weighted by atomic mass is 16.5. The Morgan fingerprint density at radius 2 is 1.76 bits per heavy atom. The van der Waals surface area contributed by atoms with Crippen molar-refractivity contribution >= 4 is 29.1 Å². The molecule has 0 aliphatic heterocycles. The molecule has 3 aromatic rings. The van der Waals surface area contributed by atoms with Gasteiger partial charge in [-0.15, -0.1) is 0 Å². The van der Waals surface area contributed by atoms with Gasteiger partial charge < -0.3 is 15.4 Å². The Hall–Kier alpha value is -3.41. The van der Waals surface area contributed by atoms with Crippen LogP contribution in [0.1, 0.15) is 15.9 Å². The Bertz CT molecular complexity index is 879. The number of anilines is 4. The first-order chi connectivity index (χ1) is 12.2. The molecule has 126 valence electrons. The van der Waals surface area contributed by atoms with E-state index in [0.717, 1.165) is 16.9 Å². The minimum atomic E-state index is -0.363. The maximum Gasteiger partial charge on any atom is 0.337 e. The molecule has 6 nitrogen and oxygen atoms in total. The average Bonchev–Trinajstić information content (AvgIpc) is 2.64. The summed E-state index contributed by atoms with van der Waals surface area (Å²) in [7, 11) is 1.36. The lowest BCUT2D eigenvalue weighted by Crippen LogP contribution is -2.02. The molecule has 1 aromatic heterocycles. The molecule has 3 rings (SSSR count). The molecule has 0 radical (unpaired) electrons. The maximum atomic E-state index is 11.5. The predicted octanol–water partition coefficient (Wildman–Crippen LogP) is 4.06. The molecule has 0 aliphatic carbocycles. The van der Waals surface area contributed by atoms with E-state index in [2.05, 4.69) is 25.3 Å². The van der Waals surface area contributed by atoms with Gasteiger partial charge in [0, 0.05) is 17.6 Å². The van der Waals surface area contributed by atoms with Gasteiger partial charge in [0.1, 0.15) is 5.82 Å². The second kappa shape index (κ2) is 7.44. The summed E-state index contributed by atoms with van der Waals surface area (Å²) in [5.41, 5.74) is 3.38. The van der Waals surface area contributed by atoms with Crippen molar-refractivity contribution in [3.8, 4) is 0 Å². The normalized spacial score (nSPS) is 10.2. The van der Waals surface area contributed by atoms with Crippen molar-refractivity contribution in [2.45, 2.75) is 6.92 Å². The summed E-state index contributed by atoms with van der Waals surface area (Å²) in [4.78, 5) is 20.2. The van der Waals surface area contributed by atoms with Crippen LogP contribution in [0.15, 0.2) is 60.8 Å². The molecule has 0 saturated heterocycles. The number of hydrogen-bond acceptors (Lipinski definition) is 6. The molecule has 1 heterocycles. The van der Waals surface area contributed by atoms with E-state index >= 15 is 0 Å². The summed E-state index contributed by atoms with van der Waals surface area (Å²) >= 11 is 0. The largest absolute Gasteiger partial charge is 0.465 e. The summed E-state index contributed by atoms with van der Waals surface area (Å²) in [6, 6.07) is 16.7. The summed E-state index contributed by atoms with van der Waals surface area (Å²) in [6.07, 6.45) is 1.68. The molecule has 0 atom stereocenters. The molecule has 0 aliphatic rings. The SMILES string of the molecule is COC(=O)c1ccc(Nc2ccnc(Nc3ccccc3C)n2)cc1. The van der Waals surface area contributed by atoms with Gasteiger partial charge in [-0.2, -0.15) is 4.98 Å². The van der Waals surface area contributed by atoms with E-state index in [9.17, 15) is 4.79 Å². The number of rotatable bonds is 5. The number of nitrogens with one attached hydrogen (secondary N) is 2. The number of esters is 1. The van der Waals surface area contributed by atoms with E-state index in [1.165, 1.54) is 7.11 Å². The first-order valence-corrected chi connectivity index (χ1v) is 7.77. The Kier molecular flexibility index (Phi) is 4.89. The van der Waals surface area contributed by atoms with Gasteiger partial charge in [-0.25, -0.2) is 9.78 Å². The van der Waals surface area contributed by atoms with Crippen LogP contribution in [0.2, 0.25) is 0 Å². The van der Waals surface area contributed by atoms with E-state index in [0.29, 0.717) is 17.3 Å². The molecular formula is C19H18N4O2. The number of hydrogen-bond donors (Lipinski definition) is 2. The summed E-state index contributed by atoms with van der Waals surface area (Å²) in [5.74, 6) is 0.792. The number of ether oxygens (including phenoxy) is 1. The van der Waals surface area contributed by atoms with E-state index in [1.54, 1.807) is 36.5 Å². The van der Waals surface area contributed by atoms with Crippen LogP contribution in [-0.2, 0) is 4.74 Å². The van der Waals surface area contributed by atoms with Crippen molar-refractivity contribution in [3.05, 3.63) is 71.9 Å². The predicted molar refractivity (Wildman–Crippen MR) is 97.6 cm³/mol. The highest BCUT2D eigenvalue weighted by molar-refractivity contribution is 5.89. The van der Waals surface area contributed by atoms with Gasteiger partial charge in [0.05, 0.1) is 12.7 Å². The molecule has 0 saturated carbocycles. The topological polar surface area (TPSA) is 76.1 Å². The minimum absolute atomic E-state index is 0.363. The van der Waals surface area contributed by atoms with Crippen LogP contribution in [0.25, 0.3) is 0 Å². The molecule has 0 amide bonds. The summed E-state index contributed by atoms with van der Waals surface area (Å²) in [5, 5.41) is 6.39. The van der Waals surface area contributed by atoms with Gasteiger partial charge >= 0.3 is 5.97 Å². The first-order valence-electron chi connectivity index (χ1n) is 7.77. The van der Waals surface area contributed by atoms with E-state index < -0.39 is 0 Å². The first kappa shape index (κ1) is 16.4. The zero-order chi connectivity index (χ0) is 17.6. The van der Waals surface area contributed by atoms with Crippen molar-refractivity contribution < 1.29 is 9.53 Å². The summed E-state index contributed by atoms with van der Waals surface area (Å²) < 4.78 is 4.69. The molecule has 0 bridgehead atoms. The van der Waals surface area contributed by atoms with Crippen LogP contribution in [0.5, 0.6) is 0 Å². The molecule has 2 aromatic carbocycles. The average molecular weight is 334 g/mol. The van der Waals surface area contributed by atoms with Crippen LogP contribution in [0.3, 0.4) is 0 Å². The smallest absolute Gasteiger partial charge is 0.337 e. The molecule has 0 fully saturated rings. The number of aryl methyl sites for hydroxylation is 1. The van der Waals surface area contributed by atoms with E-state index in [4.69, 9.17) is 0 Å². The molecule has 6 heteroatoms. The fraction of sp³-hybridized carbons (Fsp3) is 0.105. The van der Waals surface area contributed by atoms with E-state index in [-0.39, 0.29) is 5.97 Å². The quantitative estimate of drug-likeness (QED) is 0.685. The number of para-hydroxylation sites is 1. The number of methoxy groups -OCH3 is 1. The van der Waals surface area contributed by atoms with Crippen molar-refractivity contribution in [2.75, 3.05) is 17.7 Å². The number of carbonyl (C=O) groups excluding carboxylic acids is 1. The van der Waals surface area contributed by atoms with E-state index in [1.807, 2.05) is 31.2 Å². The Labute approximate surface area is 145 Å². The standard InChI is InChI=1S/C19H18N4O2/c1-13-5-3-4-6-16(13)22-19-20-12-11-17(23-19)21-15-9-7-14(8-10-15)18(24)25-2/h3-12H,1-2H3,(H2,20,21,22,23). The van der Waals surface area contributed by atoms with Crippen molar-refractivity contribution in [1.29, 1.82) is 0 Å². The molecule has 0 unspecified atom stereocenters. The number of carbonyl (C=O) groups is 1. The molecule has 0 spiro atoms. The van der Waals surface area contributed by atoms with Crippen LogP contribution < -0.4 is 10.6 Å². The van der Waals surface area contributed by atoms with Gasteiger partial charge in [0.25, 0.3) is 0 Å². The zero-order valence-electron chi connectivity index (χ0n) is 14.0. The zero-order valence-corrected chi connectivity index (χ0v) is 14.0. The third kappa shape index (κ3) is 4.11. The third-order valence-electron chi connectivity index (χ3n) is 3.63. The number of nitrogens with zero attached hydrogens (tertiary/aromatic N) is 2. The fourth-order valence-electron chi connectivity index (χ4n) is 2.28. The second-order valence-corrected chi connectivity index (χ2v) is 5.40. The van der Waals surface area contributed by atoms with Crippen LogP contribution in [-0.4, -0.2) is 23.0 Å². The highest BCUT2D eigenvalue weighted by Gasteiger charge is 2.06. The summed E-state index contributed by atoms with van der Waals surface area (Å²) in [6.45, 7) is 2.02. The lowest BCUT2D eigenvalue weighted by molar-refractivity contribution is 0.0601. The Morgan fingerprint density at radius 1 is 1.00 bits per heavy atom. The van der Waals surface area contributed by atoms with Crippen LogP contribution >= 0.6 is 0 Å². The third-order valence-corrected chi connectivity index (χ3v) is 3.63.